The van der Waals surface area contributed by atoms with Gasteiger partial charge in [0.2, 0.25) is 11.8 Å². The molecule has 0 bridgehead atoms. The fraction of sp³-hybridized carbons (Fsp3) is 0.556. The summed E-state index contributed by atoms with van der Waals surface area (Å²) in [6.45, 7) is 2.61. The van der Waals surface area contributed by atoms with Gasteiger partial charge in [0.25, 0.3) is 0 Å². The van der Waals surface area contributed by atoms with Gasteiger partial charge in [-0.1, -0.05) is 30.3 Å². The molecule has 1 aromatic rings. The first-order chi connectivity index (χ1) is 10.7. The van der Waals surface area contributed by atoms with Gasteiger partial charge in [-0.3, -0.25) is 9.59 Å². The number of carbonyl (C=O) groups is 2. The molecule has 0 N–H and O–H groups in total. The van der Waals surface area contributed by atoms with E-state index in [-0.39, 0.29) is 18.4 Å². The van der Waals surface area contributed by atoms with Crippen molar-refractivity contribution < 1.29 is 9.59 Å². The van der Waals surface area contributed by atoms with E-state index in [9.17, 15) is 9.59 Å². The van der Waals surface area contributed by atoms with E-state index < -0.39 is 0 Å². The zero-order chi connectivity index (χ0) is 15.4. The van der Waals surface area contributed by atoms with E-state index in [2.05, 4.69) is 24.3 Å². The SMILES string of the molecule is O=C1CCCCN1CC(=O)N1CCCC(c2ccccc2)C1. The highest BCUT2D eigenvalue weighted by molar-refractivity contribution is 5.85. The van der Waals surface area contributed by atoms with Crippen molar-refractivity contribution in [3.05, 3.63) is 35.9 Å². The zero-order valence-corrected chi connectivity index (χ0v) is 13.0. The molecular weight excluding hydrogens is 276 g/mol. The van der Waals surface area contributed by atoms with Crippen molar-refractivity contribution >= 4 is 11.8 Å². The molecule has 2 heterocycles. The first kappa shape index (κ1) is 15.1. The highest BCUT2D eigenvalue weighted by atomic mass is 16.2. The Morgan fingerprint density at radius 1 is 1.09 bits per heavy atom. The quantitative estimate of drug-likeness (QED) is 0.860. The van der Waals surface area contributed by atoms with Crippen molar-refractivity contribution in [2.24, 2.45) is 0 Å². The van der Waals surface area contributed by atoms with E-state index in [1.54, 1.807) is 4.90 Å². The minimum Gasteiger partial charge on any atom is -0.341 e. The molecule has 4 heteroatoms. The van der Waals surface area contributed by atoms with E-state index in [0.29, 0.717) is 12.3 Å². The lowest BCUT2D eigenvalue weighted by atomic mass is 9.90. The number of hydrogen-bond donors (Lipinski definition) is 0. The van der Waals surface area contributed by atoms with E-state index in [0.717, 1.165) is 45.3 Å². The van der Waals surface area contributed by atoms with Crippen LogP contribution in [0.2, 0.25) is 0 Å². The Morgan fingerprint density at radius 3 is 2.68 bits per heavy atom. The molecule has 1 aromatic carbocycles. The summed E-state index contributed by atoms with van der Waals surface area (Å²) < 4.78 is 0. The molecule has 1 atom stereocenters. The van der Waals surface area contributed by atoms with Gasteiger partial charge in [0.15, 0.2) is 0 Å². The van der Waals surface area contributed by atoms with Crippen LogP contribution in [0.3, 0.4) is 0 Å². The largest absolute Gasteiger partial charge is 0.341 e. The number of hydrogen-bond acceptors (Lipinski definition) is 2. The van der Waals surface area contributed by atoms with Crippen LogP contribution in [0.1, 0.15) is 43.6 Å². The van der Waals surface area contributed by atoms with Gasteiger partial charge < -0.3 is 9.80 Å². The van der Waals surface area contributed by atoms with Crippen LogP contribution >= 0.6 is 0 Å². The van der Waals surface area contributed by atoms with Crippen molar-refractivity contribution in [1.82, 2.24) is 9.80 Å². The van der Waals surface area contributed by atoms with Crippen molar-refractivity contribution in [2.75, 3.05) is 26.2 Å². The second kappa shape index (κ2) is 6.95. The number of piperidine rings is 2. The highest BCUT2D eigenvalue weighted by Gasteiger charge is 2.27. The Balaban J connectivity index is 1.59. The number of rotatable bonds is 3. The van der Waals surface area contributed by atoms with Crippen LogP contribution in [-0.4, -0.2) is 47.8 Å². The molecule has 3 rings (SSSR count). The predicted octanol–water partition coefficient (Wildman–Crippen LogP) is 2.41. The first-order valence-corrected chi connectivity index (χ1v) is 8.34. The van der Waals surface area contributed by atoms with Crippen LogP contribution < -0.4 is 0 Å². The van der Waals surface area contributed by atoms with Gasteiger partial charge in [0, 0.05) is 32.0 Å². The van der Waals surface area contributed by atoms with Crippen LogP contribution in [0.15, 0.2) is 30.3 Å². The average molecular weight is 300 g/mol. The molecule has 118 valence electrons. The van der Waals surface area contributed by atoms with Crippen LogP contribution in [0.25, 0.3) is 0 Å². The molecule has 0 aliphatic carbocycles. The smallest absolute Gasteiger partial charge is 0.242 e. The summed E-state index contributed by atoms with van der Waals surface area (Å²) in [4.78, 5) is 28.1. The van der Waals surface area contributed by atoms with E-state index >= 15 is 0 Å². The average Bonchev–Trinajstić information content (AvgIpc) is 2.58. The molecule has 2 fully saturated rings. The van der Waals surface area contributed by atoms with Gasteiger partial charge in [-0.2, -0.15) is 0 Å². The third-order valence-corrected chi connectivity index (χ3v) is 4.79. The van der Waals surface area contributed by atoms with E-state index in [4.69, 9.17) is 0 Å². The molecule has 0 radical (unpaired) electrons. The summed E-state index contributed by atoms with van der Waals surface area (Å²) in [5.41, 5.74) is 1.31. The molecule has 1 unspecified atom stereocenters. The van der Waals surface area contributed by atoms with Crippen LogP contribution in [0.5, 0.6) is 0 Å². The predicted molar refractivity (Wildman–Crippen MR) is 85.4 cm³/mol. The van der Waals surface area contributed by atoms with Gasteiger partial charge in [-0.15, -0.1) is 0 Å². The summed E-state index contributed by atoms with van der Waals surface area (Å²) in [7, 11) is 0. The fourth-order valence-electron chi connectivity index (χ4n) is 3.49. The van der Waals surface area contributed by atoms with Gasteiger partial charge in [-0.05, 0) is 31.2 Å². The summed E-state index contributed by atoms with van der Waals surface area (Å²) >= 11 is 0. The summed E-state index contributed by atoms with van der Waals surface area (Å²) in [6.07, 6.45) is 4.75. The van der Waals surface area contributed by atoms with Crippen LogP contribution in [-0.2, 0) is 9.59 Å². The number of nitrogens with zero attached hydrogens (tertiary/aromatic N) is 2. The molecular formula is C18H24N2O2. The summed E-state index contributed by atoms with van der Waals surface area (Å²) in [5.74, 6) is 0.669. The molecule has 2 aliphatic rings. The molecule has 2 saturated heterocycles. The lowest BCUT2D eigenvalue weighted by molar-refractivity contribution is -0.142. The number of amides is 2. The fourth-order valence-corrected chi connectivity index (χ4v) is 3.49. The lowest BCUT2D eigenvalue weighted by Crippen LogP contribution is -2.47. The molecule has 2 aliphatic heterocycles. The van der Waals surface area contributed by atoms with Gasteiger partial charge >= 0.3 is 0 Å². The minimum atomic E-state index is 0.107. The Kier molecular flexibility index (Phi) is 4.76. The Hall–Kier alpha value is -1.84. The second-order valence-electron chi connectivity index (χ2n) is 6.36. The van der Waals surface area contributed by atoms with Gasteiger partial charge in [0.05, 0.1) is 6.54 Å². The second-order valence-corrected chi connectivity index (χ2v) is 6.36. The molecule has 2 amide bonds. The maximum Gasteiger partial charge on any atom is 0.242 e. The third-order valence-electron chi connectivity index (χ3n) is 4.79. The molecule has 0 spiro atoms. The van der Waals surface area contributed by atoms with Crippen molar-refractivity contribution in [3.63, 3.8) is 0 Å². The third kappa shape index (κ3) is 3.49. The molecule has 4 nitrogen and oxygen atoms in total. The zero-order valence-electron chi connectivity index (χ0n) is 13.0. The summed E-state index contributed by atoms with van der Waals surface area (Å²) in [5, 5.41) is 0. The minimum absolute atomic E-state index is 0.107. The molecule has 22 heavy (non-hydrogen) atoms. The van der Waals surface area contributed by atoms with Gasteiger partial charge in [0.1, 0.15) is 0 Å². The molecule has 0 aromatic heterocycles. The standard InChI is InChI=1S/C18H24N2O2/c21-17-10-4-5-11-20(17)14-18(22)19-12-6-9-16(13-19)15-7-2-1-3-8-15/h1-3,7-8,16H,4-6,9-14H2. The van der Waals surface area contributed by atoms with Crippen LogP contribution in [0.4, 0.5) is 0 Å². The maximum atomic E-state index is 12.5. The summed E-state index contributed by atoms with van der Waals surface area (Å²) in [6, 6.07) is 10.4. The lowest BCUT2D eigenvalue weighted by Gasteiger charge is -2.35. The van der Waals surface area contributed by atoms with Crippen LogP contribution in [0, 0.1) is 0 Å². The first-order valence-electron chi connectivity index (χ1n) is 8.34. The highest BCUT2D eigenvalue weighted by Crippen LogP contribution is 2.26. The van der Waals surface area contributed by atoms with Crippen molar-refractivity contribution in [2.45, 2.75) is 38.0 Å². The monoisotopic (exact) mass is 300 g/mol. The van der Waals surface area contributed by atoms with E-state index in [1.807, 2.05) is 11.0 Å². The molecule has 0 saturated carbocycles. The maximum absolute atomic E-state index is 12.5. The number of benzene rings is 1. The Labute approximate surface area is 132 Å². The normalized spacial score (nSPS) is 22.7. The van der Waals surface area contributed by atoms with Crippen molar-refractivity contribution in [1.29, 1.82) is 0 Å². The van der Waals surface area contributed by atoms with Crippen molar-refractivity contribution in [3.8, 4) is 0 Å². The van der Waals surface area contributed by atoms with E-state index in [1.165, 1.54) is 5.56 Å². The number of likely N-dealkylation sites (tertiary alicyclic amines) is 2. The Morgan fingerprint density at radius 2 is 1.91 bits per heavy atom. The topological polar surface area (TPSA) is 40.6 Å². The number of carbonyl (C=O) groups excluding carboxylic acids is 2. The van der Waals surface area contributed by atoms with Gasteiger partial charge in [-0.25, -0.2) is 0 Å². The Bertz CT molecular complexity index is 529.